The summed E-state index contributed by atoms with van der Waals surface area (Å²) < 4.78 is 2.60. The molecule has 0 saturated carbocycles. The number of carbonyl (C=O) groups is 1. The highest BCUT2D eigenvalue weighted by atomic mass is 16.2. The minimum Gasteiger partial charge on any atom is -0.355 e. The van der Waals surface area contributed by atoms with Crippen molar-refractivity contribution < 1.29 is 4.79 Å². The van der Waals surface area contributed by atoms with Crippen LogP contribution in [0.5, 0.6) is 0 Å². The molecule has 36 heavy (non-hydrogen) atoms. The third-order valence-corrected chi connectivity index (χ3v) is 6.65. The maximum Gasteiger partial charge on any atom is 0.318 e. The first-order valence-electron chi connectivity index (χ1n) is 12.3. The molecule has 5 rings (SSSR count). The summed E-state index contributed by atoms with van der Waals surface area (Å²) in [6.07, 6.45) is 3.43. The topological polar surface area (TPSA) is 89.2 Å². The summed E-state index contributed by atoms with van der Waals surface area (Å²) >= 11 is 0. The number of pyridine rings is 1. The van der Waals surface area contributed by atoms with E-state index in [0.29, 0.717) is 17.7 Å². The van der Waals surface area contributed by atoms with Crippen LogP contribution in [0.1, 0.15) is 23.1 Å². The first-order chi connectivity index (χ1) is 17.6. The Kier molecular flexibility index (Phi) is 7.04. The molecule has 1 amide bonds. The van der Waals surface area contributed by atoms with E-state index < -0.39 is 11.1 Å². The van der Waals surface area contributed by atoms with Crippen LogP contribution in [0.25, 0.3) is 11.2 Å². The molecule has 1 aliphatic rings. The SMILES string of the molecule is O=C(Cn1c(=O)c(=O)n(Cc2ccccc2)c2ncccc21)NCCCN1CCc2ccccc2C1. The van der Waals surface area contributed by atoms with Gasteiger partial charge in [-0.25, -0.2) is 4.98 Å². The van der Waals surface area contributed by atoms with Crippen LogP contribution in [0.4, 0.5) is 0 Å². The lowest BCUT2D eigenvalue weighted by atomic mass is 10.00. The van der Waals surface area contributed by atoms with E-state index in [2.05, 4.69) is 39.5 Å². The number of hydrogen-bond acceptors (Lipinski definition) is 5. The minimum atomic E-state index is -0.728. The van der Waals surface area contributed by atoms with E-state index in [4.69, 9.17) is 0 Å². The zero-order chi connectivity index (χ0) is 24.9. The monoisotopic (exact) mass is 483 g/mol. The van der Waals surface area contributed by atoms with Gasteiger partial charge >= 0.3 is 11.1 Å². The maximum absolute atomic E-state index is 13.0. The van der Waals surface area contributed by atoms with E-state index in [0.717, 1.165) is 38.0 Å². The molecule has 8 nitrogen and oxygen atoms in total. The molecular weight excluding hydrogens is 454 g/mol. The molecule has 0 fully saturated rings. The summed E-state index contributed by atoms with van der Waals surface area (Å²) in [6.45, 7) is 3.34. The summed E-state index contributed by atoms with van der Waals surface area (Å²) in [6, 6.07) is 21.4. The molecule has 4 aromatic rings. The van der Waals surface area contributed by atoms with E-state index in [9.17, 15) is 14.4 Å². The van der Waals surface area contributed by atoms with Gasteiger partial charge in [-0.15, -0.1) is 0 Å². The van der Waals surface area contributed by atoms with E-state index in [1.807, 2.05) is 30.3 Å². The summed E-state index contributed by atoms with van der Waals surface area (Å²) in [5.74, 6) is -0.300. The number of fused-ring (bicyclic) bond motifs is 2. The third kappa shape index (κ3) is 5.13. The molecule has 0 atom stereocenters. The molecule has 8 heteroatoms. The fraction of sp³-hybridized carbons (Fsp3) is 0.286. The summed E-state index contributed by atoms with van der Waals surface area (Å²) in [7, 11) is 0. The molecule has 184 valence electrons. The van der Waals surface area contributed by atoms with Crippen LogP contribution < -0.4 is 16.4 Å². The van der Waals surface area contributed by atoms with Crippen molar-refractivity contribution in [2.75, 3.05) is 19.6 Å². The van der Waals surface area contributed by atoms with Gasteiger partial charge in [0.2, 0.25) is 5.91 Å². The van der Waals surface area contributed by atoms with Gasteiger partial charge in [-0.05, 0) is 41.7 Å². The standard InChI is InChI=1S/C28H29N5O3/c34-25(29-15-7-16-31-17-13-22-10-4-5-11-23(22)19-31)20-32-24-12-6-14-30-26(24)33(28(36)27(32)35)18-21-8-2-1-3-9-21/h1-6,8-12,14H,7,13,15-20H2,(H,29,34). The average Bonchev–Trinajstić information content (AvgIpc) is 2.92. The molecule has 0 bridgehead atoms. The van der Waals surface area contributed by atoms with Crippen LogP contribution in [0, 0.1) is 0 Å². The minimum absolute atomic E-state index is 0.223. The Morgan fingerprint density at radius 3 is 2.47 bits per heavy atom. The van der Waals surface area contributed by atoms with Crippen molar-refractivity contribution in [3.05, 3.63) is 110 Å². The van der Waals surface area contributed by atoms with Crippen molar-refractivity contribution in [1.82, 2.24) is 24.3 Å². The molecule has 0 spiro atoms. The van der Waals surface area contributed by atoms with Crippen molar-refractivity contribution in [3.8, 4) is 0 Å². The van der Waals surface area contributed by atoms with Crippen LogP contribution in [0.3, 0.4) is 0 Å². The van der Waals surface area contributed by atoms with Gasteiger partial charge in [0.05, 0.1) is 12.1 Å². The molecular formula is C28H29N5O3. The molecule has 3 heterocycles. The van der Waals surface area contributed by atoms with Crippen molar-refractivity contribution in [2.24, 2.45) is 0 Å². The second-order valence-electron chi connectivity index (χ2n) is 9.11. The Hall–Kier alpha value is -4.04. The van der Waals surface area contributed by atoms with Crippen molar-refractivity contribution in [2.45, 2.75) is 32.5 Å². The number of hydrogen-bond donors (Lipinski definition) is 1. The van der Waals surface area contributed by atoms with Crippen molar-refractivity contribution >= 4 is 17.1 Å². The third-order valence-electron chi connectivity index (χ3n) is 6.65. The van der Waals surface area contributed by atoms with E-state index in [-0.39, 0.29) is 19.0 Å². The van der Waals surface area contributed by atoms with Gasteiger partial charge in [-0.2, -0.15) is 0 Å². The van der Waals surface area contributed by atoms with E-state index in [1.165, 1.54) is 20.3 Å². The fourth-order valence-electron chi connectivity index (χ4n) is 4.79. The number of nitrogens with one attached hydrogen (secondary N) is 1. The van der Waals surface area contributed by atoms with Gasteiger partial charge in [0.25, 0.3) is 0 Å². The summed E-state index contributed by atoms with van der Waals surface area (Å²) in [5, 5.41) is 2.90. The Bertz CT molecular complexity index is 1490. The lowest BCUT2D eigenvalue weighted by Crippen LogP contribution is -2.44. The van der Waals surface area contributed by atoms with E-state index >= 15 is 0 Å². The second kappa shape index (κ2) is 10.7. The van der Waals surface area contributed by atoms with Gasteiger partial charge in [0, 0.05) is 32.4 Å². The lowest BCUT2D eigenvalue weighted by molar-refractivity contribution is -0.121. The molecule has 0 saturated heterocycles. The molecule has 0 unspecified atom stereocenters. The van der Waals surface area contributed by atoms with E-state index in [1.54, 1.807) is 18.3 Å². The number of amides is 1. The second-order valence-corrected chi connectivity index (χ2v) is 9.11. The molecule has 2 aromatic heterocycles. The Labute approximate surface area is 208 Å². The van der Waals surface area contributed by atoms with Crippen LogP contribution in [-0.2, 0) is 30.8 Å². The number of nitrogens with zero attached hydrogens (tertiary/aromatic N) is 4. The molecule has 2 aromatic carbocycles. The van der Waals surface area contributed by atoms with Crippen LogP contribution in [0.15, 0.2) is 82.5 Å². The molecule has 1 aliphatic heterocycles. The van der Waals surface area contributed by atoms with Gasteiger partial charge in [-0.3, -0.25) is 28.4 Å². The highest BCUT2D eigenvalue weighted by Crippen LogP contribution is 2.18. The van der Waals surface area contributed by atoms with Gasteiger partial charge < -0.3 is 5.32 Å². The average molecular weight is 484 g/mol. The first-order valence-corrected chi connectivity index (χ1v) is 12.3. The molecule has 0 radical (unpaired) electrons. The maximum atomic E-state index is 13.0. The lowest BCUT2D eigenvalue weighted by Gasteiger charge is -2.28. The number of benzene rings is 2. The number of carbonyl (C=O) groups excluding carboxylic acids is 1. The van der Waals surface area contributed by atoms with Crippen LogP contribution >= 0.6 is 0 Å². The fourth-order valence-corrected chi connectivity index (χ4v) is 4.79. The normalized spacial score (nSPS) is 13.4. The quantitative estimate of drug-likeness (QED) is 0.307. The Morgan fingerprint density at radius 2 is 1.64 bits per heavy atom. The predicted molar refractivity (Wildman–Crippen MR) is 139 cm³/mol. The zero-order valence-electron chi connectivity index (χ0n) is 20.1. The molecule has 0 aliphatic carbocycles. The smallest absolute Gasteiger partial charge is 0.318 e. The van der Waals surface area contributed by atoms with Gasteiger partial charge in [0.1, 0.15) is 6.54 Å². The van der Waals surface area contributed by atoms with Crippen LogP contribution in [-0.4, -0.2) is 44.6 Å². The summed E-state index contributed by atoms with van der Waals surface area (Å²) in [5.41, 5.74) is 3.09. The highest BCUT2D eigenvalue weighted by Gasteiger charge is 2.17. The Balaban J connectivity index is 1.23. The van der Waals surface area contributed by atoms with Gasteiger partial charge in [-0.1, -0.05) is 54.6 Å². The summed E-state index contributed by atoms with van der Waals surface area (Å²) in [4.78, 5) is 45.4. The molecule has 1 N–H and O–H groups in total. The first kappa shape index (κ1) is 23.7. The predicted octanol–water partition coefficient (Wildman–Crippen LogP) is 2.17. The zero-order valence-corrected chi connectivity index (χ0v) is 20.1. The van der Waals surface area contributed by atoms with Crippen molar-refractivity contribution in [1.29, 1.82) is 0 Å². The van der Waals surface area contributed by atoms with Crippen LogP contribution in [0.2, 0.25) is 0 Å². The largest absolute Gasteiger partial charge is 0.355 e. The number of aromatic nitrogens is 3. The Morgan fingerprint density at radius 1 is 0.889 bits per heavy atom. The van der Waals surface area contributed by atoms with Crippen molar-refractivity contribution in [3.63, 3.8) is 0 Å². The highest BCUT2D eigenvalue weighted by molar-refractivity contribution is 5.78. The number of rotatable bonds is 8. The van der Waals surface area contributed by atoms with Gasteiger partial charge in [0.15, 0.2) is 5.65 Å².